The minimum absolute atomic E-state index is 0.0398. The summed E-state index contributed by atoms with van der Waals surface area (Å²) < 4.78 is 33.8. The third-order valence-electron chi connectivity index (χ3n) is 7.45. The fourth-order valence-electron chi connectivity index (χ4n) is 6.23. The Hall–Kier alpha value is -0.800. The van der Waals surface area contributed by atoms with Crippen molar-refractivity contribution in [1.29, 1.82) is 0 Å². The van der Waals surface area contributed by atoms with Gasteiger partial charge in [-0.1, -0.05) is 13.0 Å². The van der Waals surface area contributed by atoms with Gasteiger partial charge in [0.05, 0.1) is 12.2 Å². The number of aliphatic hydroxyl groups excluding tert-OH is 1. The topological polar surface area (TPSA) is 98.9 Å². The zero-order chi connectivity index (χ0) is 20.8. The van der Waals surface area contributed by atoms with E-state index in [0.717, 1.165) is 49.8 Å². The zero-order valence-electron chi connectivity index (χ0n) is 16.8. The summed E-state index contributed by atoms with van der Waals surface area (Å²) in [5.74, 6) is 2.25. The highest BCUT2D eigenvalue weighted by atomic mass is 32.2. The van der Waals surface area contributed by atoms with Gasteiger partial charge in [0.25, 0.3) is 0 Å². The van der Waals surface area contributed by atoms with Crippen LogP contribution in [0.3, 0.4) is 0 Å². The van der Waals surface area contributed by atoms with E-state index in [1.807, 2.05) is 6.07 Å². The average molecular weight is 442 g/mol. The smallest absolute Gasteiger partial charge is 0.380 e. The number of ether oxygens (including phenoxy) is 1. The van der Waals surface area contributed by atoms with E-state index in [1.54, 1.807) is 12.1 Å². The van der Waals surface area contributed by atoms with Crippen LogP contribution in [0.2, 0.25) is 0 Å². The van der Waals surface area contributed by atoms with Crippen molar-refractivity contribution in [1.82, 2.24) is 0 Å². The fourth-order valence-corrected chi connectivity index (χ4v) is 6.73. The second-order valence-electron chi connectivity index (χ2n) is 9.06. The standard InChI is InChI=1S/C21H31NO5S2/c1-21-12-18(26-9-2-10-28)20-15-6-4-14(27-29(22,24)25)11-13(15)3-5-16(20)17(21)7-8-19(21)23/h4,6,11,16-20,23,28H,2-3,5,7-10,12H2,1H3,(H2,22,24,25)/t16-,17-,18+,19-,20+,21-/m0/s1. The van der Waals surface area contributed by atoms with Gasteiger partial charge < -0.3 is 14.0 Å². The molecule has 0 bridgehead atoms. The Morgan fingerprint density at radius 2 is 2.10 bits per heavy atom. The number of hydrogen-bond donors (Lipinski definition) is 3. The Morgan fingerprint density at radius 3 is 2.83 bits per heavy atom. The van der Waals surface area contributed by atoms with Gasteiger partial charge in [-0.3, -0.25) is 0 Å². The first-order valence-electron chi connectivity index (χ1n) is 10.5. The van der Waals surface area contributed by atoms with E-state index in [4.69, 9.17) is 14.1 Å². The predicted molar refractivity (Wildman–Crippen MR) is 114 cm³/mol. The van der Waals surface area contributed by atoms with E-state index in [1.165, 1.54) is 5.56 Å². The Morgan fingerprint density at radius 1 is 1.31 bits per heavy atom. The first-order chi connectivity index (χ1) is 13.7. The maximum atomic E-state index is 11.3. The van der Waals surface area contributed by atoms with Crippen molar-refractivity contribution in [3.05, 3.63) is 29.3 Å². The molecular weight excluding hydrogens is 410 g/mol. The molecule has 0 radical (unpaired) electrons. The molecule has 0 aromatic heterocycles. The molecule has 162 valence electrons. The molecule has 3 aliphatic carbocycles. The van der Waals surface area contributed by atoms with Crippen LogP contribution in [-0.4, -0.2) is 38.1 Å². The van der Waals surface area contributed by atoms with Crippen molar-refractivity contribution in [3.8, 4) is 5.75 Å². The van der Waals surface area contributed by atoms with E-state index >= 15 is 0 Å². The number of aryl methyl sites for hydroxylation is 1. The molecule has 0 heterocycles. The highest BCUT2D eigenvalue weighted by Gasteiger charge is 2.58. The van der Waals surface area contributed by atoms with Gasteiger partial charge in [-0.05, 0) is 84.8 Å². The summed E-state index contributed by atoms with van der Waals surface area (Å²) in [6.07, 6.45) is 5.32. The monoisotopic (exact) mass is 441 g/mol. The number of rotatable bonds is 6. The Bertz CT molecular complexity index is 861. The molecule has 6 nitrogen and oxygen atoms in total. The van der Waals surface area contributed by atoms with Gasteiger partial charge in [0.1, 0.15) is 5.75 Å². The first kappa shape index (κ1) is 21.4. The van der Waals surface area contributed by atoms with Gasteiger partial charge >= 0.3 is 10.3 Å². The van der Waals surface area contributed by atoms with Gasteiger partial charge in [0, 0.05) is 12.5 Å². The molecule has 6 atom stereocenters. The average Bonchev–Trinajstić information content (AvgIpc) is 2.94. The van der Waals surface area contributed by atoms with Crippen molar-refractivity contribution in [3.63, 3.8) is 0 Å². The number of benzene rings is 1. The summed E-state index contributed by atoms with van der Waals surface area (Å²) in [4.78, 5) is 0. The quantitative estimate of drug-likeness (QED) is 0.466. The maximum absolute atomic E-state index is 11.3. The minimum Gasteiger partial charge on any atom is -0.393 e. The zero-order valence-corrected chi connectivity index (χ0v) is 18.5. The Balaban J connectivity index is 1.67. The molecule has 2 fully saturated rings. The van der Waals surface area contributed by atoms with Gasteiger partial charge in [0.15, 0.2) is 0 Å². The van der Waals surface area contributed by atoms with E-state index in [2.05, 4.69) is 19.6 Å². The normalized spacial score (nSPS) is 36.2. The summed E-state index contributed by atoms with van der Waals surface area (Å²) >= 11 is 4.30. The van der Waals surface area contributed by atoms with E-state index in [9.17, 15) is 13.5 Å². The van der Waals surface area contributed by atoms with Crippen molar-refractivity contribution < 1.29 is 22.4 Å². The lowest BCUT2D eigenvalue weighted by molar-refractivity contribution is -0.105. The highest BCUT2D eigenvalue weighted by molar-refractivity contribution is 7.84. The molecule has 0 spiro atoms. The van der Waals surface area contributed by atoms with Crippen LogP contribution in [0, 0.1) is 17.3 Å². The van der Waals surface area contributed by atoms with Crippen LogP contribution in [0.25, 0.3) is 0 Å². The van der Waals surface area contributed by atoms with Crippen LogP contribution in [0.5, 0.6) is 5.75 Å². The molecule has 3 N–H and O–H groups in total. The van der Waals surface area contributed by atoms with Crippen molar-refractivity contribution >= 4 is 22.9 Å². The third kappa shape index (κ3) is 4.06. The first-order valence-corrected chi connectivity index (χ1v) is 12.6. The third-order valence-corrected chi connectivity index (χ3v) is 8.19. The molecule has 1 aromatic rings. The lowest BCUT2D eigenvalue weighted by Crippen LogP contribution is -2.50. The van der Waals surface area contributed by atoms with Crippen LogP contribution in [0.4, 0.5) is 0 Å². The second kappa shape index (κ2) is 8.04. The Labute approximate surface area is 178 Å². The van der Waals surface area contributed by atoms with E-state index < -0.39 is 10.3 Å². The Kier molecular flexibility index (Phi) is 5.94. The van der Waals surface area contributed by atoms with Gasteiger partial charge in [-0.2, -0.15) is 26.2 Å². The lowest BCUT2D eigenvalue weighted by Gasteiger charge is -2.53. The van der Waals surface area contributed by atoms with E-state index in [0.29, 0.717) is 18.4 Å². The molecule has 0 saturated heterocycles. The summed E-state index contributed by atoms with van der Waals surface area (Å²) in [6.45, 7) is 2.90. The van der Waals surface area contributed by atoms with Crippen LogP contribution in [0.1, 0.15) is 56.1 Å². The van der Waals surface area contributed by atoms with E-state index in [-0.39, 0.29) is 29.3 Å². The van der Waals surface area contributed by atoms with Crippen LogP contribution >= 0.6 is 12.6 Å². The molecule has 0 aliphatic heterocycles. The fraction of sp³-hybridized carbons (Fsp3) is 0.714. The highest BCUT2D eigenvalue weighted by Crippen LogP contribution is 2.61. The number of fused-ring (bicyclic) bond motifs is 5. The number of aliphatic hydroxyl groups is 1. The van der Waals surface area contributed by atoms with Crippen LogP contribution in [-0.2, 0) is 21.5 Å². The maximum Gasteiger partial charge on any atom is 0.380 e. The number of thiol groups is 1. The van der Waals surface area contributed by atoms with Gasteiger partial charge in [-0.15, -0.1) is 0 Å². The largest absolute Gasteiger partial charge is 0.393 e. The number of hydrogen-bond acceptors (Lipinski definition) is 6. The summed E-state index contributed by atoms with van der Waals surface area (Å²) in [5.41, 5.74) is 2.24. The van der Waals surface area contributed by atoms with Crippen molar-refractivity contribution in [2.45, 2.75) is 63.6 Å². The minimum atomic E-state index is -4.04. The summed E-state index contributed by atoms with van der Waals surface area (Å²) in [7, 11) is -4.04. The predicted octanol–water partition coefficient (Wildman–Crippen LogP) is 2.80. The molecular formula is C21H31NO5S2. The molecule has 1 aromatic carbocycles. The molecule has 2 saturated carbocycles. The molecule has 0 unspecified atom stereocenters. The molecule has 0 amide bonds. The van der Waals surface area contributed by atoms with Gasteiger partial charge in [0.2, 0.25) is 0 Å². The number of nitrogens with two attached hydrogens (primary N) is 1. The molecule has 4 rings (SSSR count). The van der Waals surface area contributed by atoms with Crippen molar-refractivity contribution in [2.24, 2.45) is 22.4 Å². The summed E-state index contributed by atoms with van der Waals surface area (Å²) in [5, 5.41) is 15.8. The molecule has 8 heteroatoms. The van der Waals surface area contributed by atoms with Crippen molar-refractivity contribution in [2.75, 3.05) is 12.4 Å². The lowest BCUT2D eigenvalue weighted by atomic mass is 9.54. The molecule has 3 aliphatic rings. The summed E-state index contributed by atoms with van der Waals surface area (Å²) in [6, 6.07) is 5.47. The van der Waals surface area contributed by atoms with Crippen LogP contribution in [0.15, 0.2) is 18.2 Å². The van der Waals surface area contributed by atoms with Crippen LogP contribution < -0.4 is 9.32 Å². The molecule has 29 heavy (non-hydrogen) atoms. The SMILES string of the molecule is C[C@]12C[C@@H](OCCCS)[C@@H]3c4ccc(OS(N)(=O)=O)cc4CC[C@H]3[C@@H]1CC[C@@H]2O. The van der Waals surface area contributed by atoms with Gasteiger partial charge in [-0.25, -0.2) is 0 Å². The second-order valence-corrected chi connectivity index (χ2v) is 10.7.